The molecule has 3 heterocycles. The van der Waals surface area contributed by atoms with Gasteiger partial charge in [-0.2, -0.15) is 4.98 Å². The van der Waals surface area contributed by atoms with Crippen molar-refractivity contribution >= 4 is 23.2 Å². The number of rotatable bonds is 5. The van der Waals surface area contributed by atoms with E-state index in [9.17, 15) is 14.0 Å². The molecule has 0 unspecified atom stereocenters. The first-order chi connectivity index (χ1) is 16.7. The molecule has 4 fully saturated rings. The van der Waals surface area contributed by atoms with Crippen molar-refractivity contribution in [1.29, 1.82) is 0 Å². The van der Waals surface area contributed by atoms with Crippen LogP contribution in [0.15, 0.2) is 6.07 Å². The summed E-state index contributed by atoms with van der Waals surface area (Å²) in [5, 5.41) is 0.0586. The van der Waals surface area contributed by atoms with Crippen molar-refractivity contribution in [2.45, 2.75) is 82.4 Å². The molecular weight excluding hydrogens is 477 g/mol. The van der Waals surface area contributed by atoms with E-state index in [1.54, 1.807) is 0 Å². The minimum atomic E-state index is -0.929. The zero-order chi connectivity index (χ0) is 24.8. The normalized spacial score (nSPS) is 33.9. The molecule has 10 heteroatoms. The number of Topliss-reactive ketones (excluding diaryl/α,β-unsaturated/α-hetero) is 2. The average molecular weight is 510 g/mol. The molecule has 2 saturated heterocycles. The summed E-state index contributed by atoms with van der Waals surface area (Å²) in [7, 11) is 1.85. The van der Waals surface area contributed by atoms with Crippen LogP contribution in [-0.4, -0.2) is 77.3 Å². The number of ether oxygens (including phenoxy) is 3. The number of hydrogen-bond acceptors (Lipinski definition) is 8. The lowest BCUT2D eigenvalue weighted by Crippen LogP contribution is -2.60. The fraction of sp³-hybridized carbons (Fsp3) is 0.760. The molecule has 0 bridgehead atoms. The monoisotopic (exact) mass is 509 g/mol. The summed E-state index contributed by atoms with van der Waals surface area (Å²) in [6, 6.07) is 1.32. The van der Waals surface area contributed by atoms with Gasteiger partial charge in [-0.25, -0.2) is 9.37 Å². The van der Waals surface area contributed by atoms with Crippen LogP contribution in [-0.2, 0) is 14.3 Å². The molecule has 8 nitrogen and oxygen atoms in total. The number of carbonyl (C=O) groups excluding carboxylic acids is 2. The van der Waals surface area contributed by atoms with E-state index in [0.29, 0.717) is 51.9 Å². The fourth-order valence-corrected chi connectivity index (χ4v) is 6.84. The Kier molecular flexibility index (Phi) is 6.89. The maximum Gasteiger partial charge on any atom is 0.218 e. The first-order valence-corrected chi connectivity index (χ1v) is 13.0. The van der Waals surface area contributed by atoms with E-state index in [1.807, 2.05) is 18.9 Å². The minimum absolute atomic E-state index is 0.0586. The Hall–Kier alpha value is -1.68. The third kappa shape index (κ3) is 4.38. The molecule has 2 aliphatic carbocycles. The van der Waals surface area contributed by atoms with Gasteiger partial charge >= 0.3 is 0 Å². The van der Waals surface area contributed by atoms with Crippen LogP contribution < -0.4 is 4.74 Å². The summed E-state index contributed by atoms with van der Waals surface area (Å²) in [6.45, 7) is 3.12. The predicted octanol–water partition coefficient (Wildman–Crippen LogP) is 3.79. The van der Waals surface area contributed by atoms with Gasteiger partial charge in [0.1, 0.15) is 17.4 Å². The van der Waals surface area contributed by atoms with Crippen molar-refractivity contribution in [1.82, 2.24) is 14.9 Å². The number of halogens is 2. The number of fused-ring (bicyclic) bond motifs is 1. The standard InChI is InChI=1S/C25H33ClFN3O5/c1-15(18-12-16(27)14-30(18)2)35-20-13-19(26)28-23(29-20)21(31)17-6-5-8-24(22(17)32)7-3-4-9-25(24)33-10-11-34-25/h13,15-18H,3-12,14H2,1-2H3/t15-,16+,17-,18-,24-/m0/s1. The van der Waals surface area contributed by atoms with Gasteiger partial charge < -0.3 is 14.2 Å². The highest BCUT2D eigenvalue weighted by molar-refractivity contribution is 6.29. The zero-order valence-corrected chi connectivity index (χ0v) is 21.1. The Morgan fingerprint density at radius 3 is 2.66 bits per heavy atom. The van der Waals surface area contributed by atoms with Gasteiger partial charge in [-0.05, 0) is 46.1 Å². The van der Waals surface area contributed by atoms with Crippen LogP contribution >= 0.6 is 11.6 Å². The SMILES string of the molecule is C[C@H](Oc1cc(Cl)nc(C(=O)[C@@H]2CCC[C@@]3(CCCCC34OCCO4)C2=O)n1)[C@@H]1C[C@@H](F)CN1C. The van der Waals surface area contributed by atoms with E-state index >= 15 is 0 Å². The van der Waals surface area contributed by atoms with Crippen molar-refractivity contribution in [3.8, 4) is 5.88 Å². The summed E-state index contributed by atoms with van der Waals surface area (Å²) < 4.78 is 31.9. The molecule has 192 valence electrons. The molecule has 5 atom stereocenters. The lowest BCUT2D eigenvalue weighted by molar-refractivity contribution is -0.255. The number of nitrogens with zero attached hydrogens (tertiary/aromatic N) is 3. The van der Waals surface area contributed by atoms with Gasteiger partial charge in [0.2, 0.25) is 17.5 Å². The largest absolute Gasteiger partial charge is 0.473 e. The Morgan fingerprint density at radius 1 is 1.23 bits per heavy atom. The van der Waals surface area contributed by atoms with Gasteiger partial charge in [0.15, 0.2) is 11.6 Å². The third-order valence-corrected chi connectivity index (χ3v) is 8.53. The van der Waals surface area contributed by atoms with Gasteiger partial charge in [0.05, 0.1) is 24.5 Å². The second-order valence-electron chi connectivity index (χ2n) is 10.4. The molecule has 2 spiro atoms. The van der Waals surface area contributed by atoms with Crippen LogP contribution in [0.2, 0.25) is 5.15 Å². The van der Waals surface area contributed by atoms with Gasteiger partial charge in [-0.3, -0.25) is 14.5 Å². The Labute approximate surface area is 209 Å². The van der Waals surface area contributed by atoms with Gasteiger partial charge in [-0.15, -0.1) is 0 Å². The molecule has 2 saturated carbocycles. The number of likely N-dealkylation sites (tertiary alicyclic amines) is 1. The fourth-order valence-electron chi connectivity index (χ4n) is 6.67. The molecule has 1 aromatic heterocycles. The van der Waals surface area contributed by atoms with Crippen LogP contribution in [0.5, 0.6) is 5.88 Å². The topological polar surface area (TPSA) is 90.8 Å². The molecule has 2 aliphatic heterocycles. The number of likely N-dealkylation sites (N-methyl/N-ethyl adjacent to an activating group) is 1. The highest BCUT2D eigenvalue weighted by Gasteiger charge is 2.63. The Balaban J connectivity index is 1.37. The highest BCUT2D eigenvalue weighted by Crippen LogP contribution is 2.56. The van der Waals surface area contributed by atoms with Gasteiger partial charge in [0, 0.05) is 25.1 Å². The van der Waals surface area contributed by atoms with Crippen LogP contribution in [0, 0.1) is 11.3 Å². The van der Waals surface area contributed by atoms with Crippen LogP contribution in [0.1, 0.15) is 68.9 Å². The maximum atomic E-state index is 13.9. The zero-order valence-electron chi connectivity index (χ0n) is 20.3. The summed E-state index contributed by atoms with van der Waals surface area (Å²) in [4.78, 5) is 37.9. The maximum absolute atomic E-state index is 13.9. The summed E-state index contributed by atoms with van der Waals surface area (Å²) in [5.41, 5.74) is -0.817. The van der Waals surface area contributed by atoms with Crippen molar-refractivity contribution in [2.75, 3.05) is 26.8 Å². The molecule has 35 heavy (non-hydrogen) atoms. The number of carbonyl (C=O) groups is 2. The first-order valence-electron chi connectivity index (χ1n) is 12.7. The van der Waals surface area contributed by atoms with E-state index in [-0.39, 0.29) is 34.8 Å². The summed E-state index contributed by atoms with van der Waals surface area (Å²) in [6.07, 6.45) is 4.06. The van der Waals surface area contributed by atoms with Crippen LogP contribution in [0.3, 0.4) is 0 Å². The van der Waals surface area contributed by atoms with Crippen LogP contribution in [0.25, 0.3) is 0 Å². The lowest BCUT2D eigenvalue weighted by Gasteiger charge is -2.51. The van der Waals surface area contributed by atoms with E-state index < -0.39 is 29.1 Å². The highest BCUT2D eigenvalue weighted by atomic mass is 35.5. The Bertz CT molecular complexity index is 986. The van der Waals surface area contributed by atoms with Crippen molar-refractivity contribution < 1.29 is 28.2 Å². The lowest BCUT2D eigenvalue weighted by atomic mass is 9.57. The number of hydrogen-bond donors (Lipinski definition) is 0. The van der Waals surface area contributed by atoms with Crippen molar-refractivity contribution in [3.63, 3.8) is 0 Å². The van der Waals surface area contributed by atoms with E-state index in [2.05, 4.69) is 9.97 Å². The number of ketones is 2. The molecule has 0 radical (unpaired) electrons. The molecule has 0 N–H and O–H groups in total. The second kappa shape index (κ2) is 9.65. The van der Waals surface area contributed by atoms with Crippen molar-refractivity contribution in [3.05, 3.63) is 17.0 Å². The average Bonchev–Trinajstić information content (AvgIpc) is 3.43. The van der Waals surface area contributed by atoms with Crippen molar-refractivity contribution in [2.24, 2.45) is 11.3 Å². The number of alkyl halides is 1. The number of aromatic nitrogens is 2. The molecule has 5 rings (SSSR count). The van der Waals surface area contributed by atoms with Gasteiger partial charge in [-0.1, -0.05) is 24.4 Å². The minimum Gasteiger partial charge on any atom is -0.473 e. The van der Waals surface area contributed by atoms with Gasteiger partial charge in [0.25, 0.3) is 0 Å². The smallest absolute Gasteiger partial charge is 0.218 e. The van der Waals surface area contributed by atoms with E-state index in [1.165, 1.54) is 6.07 Å². The molecule has 0 aromatic carbocycles. The van der Waals surface area contributed by atoms with E-state index in [0.717, 1.165) is 19.3 Å². The second-order valence-corrected chi connectivity index (χ2v) is 10.8. The summed E-state index contributed by atoms with van der Waals surface area (Å²) >= 11 is 6.23. The van der Waals surface area contributed by atoms with E-state index in [4.69, 9.17) is 25.8 Å². The third-order valence-electron chi connectivity index (χ3n) is 8.33. The molecule has 1 aromatic rings. The molecule has 0 amide bonds. The molecule has 4 aliphatic rings. The van der Waals surface area contributed by atoms with Crippen LogP contribution in [0.4, 0.5) is 4.39 Å². The predicted molar refractivity (Wildman–Crippen MR) is 125 cm³/mol. The molecular formula is C25H33ClFN3O5. The Morgan fingerprint density at radius 2 is 1.94 bits per heavy atom. The summed E-state index contributed by atoms with van der Waals surface area (Å²) in [5.74, 6) is -2.36. The first kappa shape index (κ1) is 25.0. The quantitative estimate of drug-likeness (QED) is 0.336.